The van der Waals surface area contributed by atoms with Crippen molar-refractivity contribution in [3.8, 4) is 0 Å². The van der Waals surface area contributed by atoms with Crippen molar-refractivity contribution < 1.29 is 24.2 Å². The number of piperidine rings is 1. The third kappa shape index (κ3) is 9.89. The molecule has 1 N–H and O–H groups in total. The molecule has 6 nitrogen and oxygen atoms in total. The van der Waals surface area contributed by atoms with Gasteiger partial charge in [-0.25, -0.2) is 0 Å². The summed E-state index contributed by atoms with van der Waals surface area (Å²) in [5.74, 6) is 0.739. The van der Waals surface area contributed by atoms with Crippen LogP contribution in [0.2, 0.25) is 0 Å². The summed E-state index contributed by atoms with van der Waals surface area (Å²) in [6.45, 7) is 5.68. The Morgan fingerprint density at radius 3 is 2.50 bits per heavy atom. The molecule has 0 radical (unpaired) electrons. The second-order valence-corrected chi connectivity index (χ2v) is 10.1. The van der Waals surface area contributed by atoms with E-state index >= 15 is 0 Å². The maximum Gasteiger partial charge on any atom is 0.309 e. The van der Waals surface area contributed by atoms with Gasteiger partial charge in [-0.2, -0.15) is 0 Å². The highest BCUT2D eigenvalue weighted by molar-refractivity contribution is 5.83. The average Bonchev–Trinajstić information content (AvgIpc) is 3.19. The highest BCUT2D eigenvalue weighted by Crippen LogP contribution is 2.34. The maximum atomic E-state index is 12.5. The molecule has 0 aromatic rings. The molecule has 1 saturated carbocycles. The highest BCUT2D eigenvalue weighted by Gasteiger charge is 2.32. The van der Waals surface area contributed by atoms with Gasteiger partial charge in [0.25, 0.3) is 0 Å². The van der Waals surface area contributed by atoms with E-state index in [-0.39, 0.29) is 29.6 Å². The number of carbonyl (C=O) groups excluding carboxylic acids is 3. The van der Waals surface area contributed by atoms with Crippen molar-refractivity contribution >= 4 is 17.7 Å². The van der Waals surface area contributed by atoms with E-state index in [2.05, 4.69) is 13.0 Å². The van der Waals surface area contributed by atoms with Gasteiger partial charge in [0.05, 0.1) is 18.6 Å². The average molecular weight is 478 g/mol. The summed E-state index contributed by atoms with van der Waals surface area (Å²) in [5.41, 5.74) is 0. The molecule has 3 unspecified atom stereocenters. The number of amides is 1. The van der Waals surface area contributed by atoms with Gasteiger partial charge in [0, 0.05) is 31.8 Å². The van der Waals surface area contributed by atoms with Gasteiger partial charge in [-0.3, -0.25) is 14.4 Å². The zero-order valence-corrected chi connectivity index (χ0v) is 21.5. The second-order valence-electron chi connectivity index (χ2n) is 10.1. The zero-order valence-electron chi connectivity index (χ0n) is 21.5. The highest BCUT2D eigenvalue weighted by atomic mass is 16.5. The lowest BCUT2D eigenvalue weighted by atomic mass is 9.89. The number of likely N-dealkylation sites (tertiary alicyclic amines) is 1. The normalized spacial score (nSPS) is 22.4. The van der Waals surface area contributed by atoms with Crippen LogP contribution in [-0.4, -0.2) is 53.5 Å². The molecule has 194 valence electrons. The van der Waals surface area contributed by atoms with E-state index in [4.69, 9.17) is 4.74 Å². The van der Waals surface area contributed by atoms with E-state index in [1.54, 1.807) is 0 Å². The predicted octanol–water partition coefficient (Wildman–Crippen LogP) is 5.22. The lowest BCUT2D eigenvalue weighted by Gasteiger charge is -2.31. The van der Waals surface area contributed by atoms with Crippen molar-refractivity contribution in [3.63, 3.8) is 0 Å². The number of allylic oxidation sites excluding steroid dienone is 1. The summed E-state index contributed by atoms with van der Waals surface area (Å²) >= 11 is 0. The van der Waals surface area contributed by atoms with E-state index in [9.17, 15) is 19.5 Å². The summed E-state index contributed by atoms with van der Waals surface area (Å²) in [5, 5.41) is 10.1. The summed E-state index contributed by atoms with van der Waals surface area (Å²) in [6.07, 6.45) is 16.1. The first kappa shape index (κ1) is 28.5. The molecule has 1 heterocycles. The molecule has 2 rings (SSSR count). The number of ether oxygens (including phenoxy) is 1. The van der Waals surface area contributed by atoms with Crippen molar-refractivity contribution in [3.05, 3.63) is 12.2 Å². The summed E-state index contributed by atoms with van der Waals surface area (Å²) in [7, 11) is 0. The number of hydrogen-bond acceptors (Lipinski definition) is 5. The molecule has 1 amide bonds. The molecule has 6 heteroatoms. The van der Waals surface area contributed by atoms with Crippen LogP contribution in [0.25, 0.3) is 0 Å². The van der Waals surface area contributed by atoms with Crippen molar-refractivity contribution in [2.24, 2.45) is 17.8 Å². The Kier molecular flexibility index (Phi) is 13.5. The first-order chi connectivity index (χ1) is 16.5. The van der Waals surface area contributed by atoms with E-state index in [0.717, 1.165) is 64.2 Å². The Hall–Kier alpha value is -1.69. The number of nitrogens with zero attached hydrogens (tertiary/aromatic N) is 1. The minimum atomic E-state index is -0.392. The molecule has 1 aliphatic heterocycles. The number of ketones is 1. The second kappa shape index (κ2) is 16.1. The number of Topliss-reactive ketones (excluding diaryl/α,β-unsaturated/α-hetero) is 1. The number of rotatable bonds is 15. The molecule has 0 aromatic carbocycles. The summed E-state index contributed by atoms with van der Waals surface area (Å²) < 4.78 is 5.09. The molecule has 1 saturated heterocycles. The van der Waals surface area contributed by atoms with Gasteiger partial charge in [0.15, 0.2) is 0 Å². The van der Waals surface area contributed by atoms with Gasteiger partial charge < -0.3 is 14.7 Å². The Labute approximate surface area is 206 Å². The molecule has 2 fully saturated rings. The van der Waals surface area contributed by atoms with Crippen LogP contribution in [-0.2, 0) is 19.1 Å². The van der Waals surface area contributed by atoms with Crippen LogP contribution in [0.3, 0.4) is 0 Å². The van der Waals surface area contributed by atoms with Crippen LogP contribution in [0.15, 0.2) is 12.2 Å². The van der Waals surface area contributed by atoms with Crippen molar-refractivity contribution in [2.45, 2.75) is 110 Å². The largest absolute Gasteiger partial charge is 0.466 e. The lowest BCUT2D eigenvalue weighted by Crippen LogP contribution is -2.40. The fourth-order valence-electron chi connectivity index (χ4n) is 5.29. The first-order valence-electron chi connectivity index (χ1n) is 13.8. The SMILES string of the molecule is CCCCCC(O)C=CC1CCC(=O)C1CCCCCCC(=O)N1CCC(C(=O)OCC)CC1. The number of carbonyl (C=O) groups is 3. The topological polar surface area (TPSA) is 83.9 Å². The maximum absolute atomic E-state index is 12.5. The van der Waals surface area contributed by atoms with Crippen LogP contribution < -0.4 is 0 Å². The van der Waals surface area contributed by atoms with Crippen LogP contribution in [0, 0.1) is 17.8 Å². The Bertz CT molecular complexity index is 653. The first-order valence-corrected chi connectivity index (χ1v) is 13.8. The molecule has 0 spiro atoms. The van der Waals surface area contributed by atoms with Gasteiger partial charge in [0.1, 0.15) is 5.78 Å². The smallest absolute Gasteiger partial charge is 0.309 e. The van der Waals surface area contributed by atoms with E-state index in [1.807, 2.05) is 17.9 Å². The number of aliphatic hydroxyl groups excluding tert-OH is 1. The van der Waals surface area contributed by atoms with E-state index in [0.29, 0.717) is 51.2 Å². The molecule has 34 heavy (non-hydrogen) atoms. The predicted molar refractivity (Wildman–Crippen MR) is 134 cm³/mol. The molecule has 2 aliphatic rings. The number of hydrogen-bond donors (Lipinski definition) is 1. The van der Waals surface area contributed by atoms with Gasteiger partial charge in [-0.15, -0.1) is 0 Å². The molecule has 3 atom stereocenters. The monoisotopic (exact) mass is 477 g/mol. The molecule has 0 bridgehead atoms. The molecular formula is C28H47NO5. The summed E-state index contributed by atoms with van der Waals surface area (Å²) in [6, 6.07) is 0. The van der Waals surface area contributed by atoms with Crippen LogP contribution >= 0.6 is 0 Å². The molecule has 0 aromatic heterocycles. The zero-order chi connectivity index (χ0) is 24.8. The Balaban J connectivity index is 1.58. The third-order valence-electron chi connectivity index (χ3n) is 7.46. The van der Waals surface area contributed by atoms with Gasteiger partial charge in [-0.1, -0.05) is 57.6 Å². The summed E-state index contributed by atoms with van der Waals surface area (Å²) in [4.78, 5) is 38.6. The van der Waals surface area contributed by atoms with E-state index in [1.165, 1.54) is 0 Å². The van der Waals surface area contributed by atoms with Gasteiger partial charge in [-0.05, 0) is 51.4 Å². The molecular weight excluding hydrogens is 430 g/mol. The molecule has 1 aliphatic carbocycles. The number of aliphatic hydroxyl groups is 1. The quantitative estimate of drug-likeness (QED) is 0.199. The van der Waals surface area contributed by atoms with Gasteiger partial charge in [0.2, 0.25) is 5.91 Å². The van der Waals surface area contributed by atoms with Crippen LogP contribution in [0.4, 0.5) is 0 Å². The third-order valence-corrected chi connectivity index (χ3v) is 7.46. The van der Waals surface area contributed by atoms with Crippen molar-refractivity contribution in [2.75, 3.05) is 19.7 Å². The van der Waals surface area contributed by atoms with Crippen LogP contribution in [0.5, 0.6) is 0 Å². The fraction of sp³-hybridized carbons (Fsp3) is 0.821. The minimum Gasteiger partial charge on any atom is -0.466 e. The van der Waals surface area contributed by atoms with Crippen molar-refractivity contribution in [1.29, 1.82) is 0 Å². The number of unbranched alkanes of at least 4 members (excludes halogenated alkanes) is 5. The Morgan fingerprint density at radius 2 is 1.79 bits per heavy atom. The fourth-order valence-corrected chi connectivity index (χ4v) is 5.29. The van der Waals surface area contributed by atoms with Crippen LogP contribution in [0.1, 0.15) is 104 Å². The minimum absolute atomic E-state index is 0.0645. The standard InChI is InChI=1S/C28H47NO5/c1-3-5-8-11-24(30)16-14-22-15-17-26(31)25(22)12-9-6-7-10-13-27(32)29-20-18-23(19-21-29)28(33)34-4-2/h14,16,22-25,30H,3-13,15,17-21H2,1-2H3. The van der Waals surface area contributed by atoms with Gasteiger partial charge >= 0.3 is 5.97 Å². The van der Waals surface area contributed by atoms with Crippen molar-refractivity contribution in [1.82, 2.24) is 4.90 Å². The number of esters is 1. The lowest BCUT2D eigenvalue weighted by molar-refractivity contribution is -0.151. The van der Waals surface area contributed by atoms with E-state index < -0.39 is 6.10 Å². The Morgan fingerprint density at radius 1 is 1.06 bits per heavy atom.